The van der Waals surface area contributed by atoms with Gasteiger partial charge in [-0.2, -0.15) is 11.3 Å². The van der Waals surface area contributed by atoms with Crippen molar-refractivity contribution in [3.8, 4) is 11.1 Å². The fraction of sp³-hybridized carbons (Fsp3) is 0. The standard InChI is InChI=1S/C13H8ClNS/c14-13-12-7-10(11-4-6-16-8-11)2-1-9(12)3-5-15-13/h1-8H. The molecule has 3 rings (SSSR count). The van der Waals surface area contributed by atoms with Crippen molar-refractivity contribution in [3.05, 3.63) is 52.4 Å². The Morgan fingerprint density at radius 2 is 2.00 bits per heavy atom. The summed E-state index contributed by atoms with van der Waals surface area (Å²) < 4.78 is 0. The van der Waals surface area contributed by atoms with Crippen molar-refractivity contribution in [2.75, 3.05) is 0 Å². The summed E-state index contributed by atoms with van der Waals surface area (Å²) in [7, 11) is 0. The van der Waals surface area contributed by atoms with Gasteiger partial charge in [0.25, 0.3) is 0 Å². The lowest BCUT2D eigenvalue weighted by Crippen LogP contribution is -1.80. The average molecular weight is 246 g/mol. The van der Waals surface area contributed by atoms with E-state index in [-0.39, 0.29) is 0 Å². The van der Waals surface area contributed by atoms with Gasteiger partial charge >= 0.3 is 0 Å². The van der Waals surface area contributed by atoms with Crippen LogP contribution in [0.3, 0.4) is 0 Å². The molecule has 0 N–H and O–H groups in total. The van der Waals surface area contributed by atoms with E-state index in [0.29, 0.717) is 5.15 Å². The fourth-order valence-corrected chi connectivity index (χ4v) is 2.63. The Kier molecular flexibility index (Phi) is 2.39. The van der Waals surface area contributed by atoms with Crippen LogP contribution in [0.4, 0.5) is 0 Å². The number of hydrogen-bond donors (Lipinski definition) is 0. The summed E-state index contributed by atoms with van der Waals surface area (Å²) in [6.07, 6.45) is 1.73. The first-order valence-electron chi connectivity index (χ1n) is 4.91. The van der Waals surface area contributed by atoms with Crippen LogP contribution < -0.4 is 0 Å². The van der Waals surface area contributed by atoms with Crippen molar-refractivity contribution in [1.29, 1.82) is 0 Å². The highest BCUT2D eigenvalue weighted by molar-refractivity contribution is 7.08. The average Bonchev–Trinajstić information content (AvgIpc) is 2.83. The van der Waals surface area contributed by atoms with Gasteiger partial charge in [0.15, 0.2) is 0 Å². The highest BCUT2D eigenvalue weighted by Crippen LogP contribution is 2.28. The Balaban J connectivity index is 2.27. The molecular formula is C13H8ClNS. The molecule has 0 fully saturated rings. The molecule has 78 valence electrons. The van der Waals surface area contributed by atoms with E-state index < -0.39 is 0 Å². The van der Waals surface area contributed by atoms with E-state index >= 15 is 0 Å². The molecule has 0 unspecified atom stereocenters. The van der Waals surface area contributed by atoms with Gasteiger partial charge in [0.1, 0.15) is 5.15 Å². The Morgan fingerprint density at radius 3 is 2.81 bits per heavy atom. The number of hydrogen-bond acceptors (Lipinski definition) is 2. The first-order chi connectivity index (χ1) is 7.84. The minimum atomic E-state index is 0.564. The number of fused-ring (bicyclic) bond motifs is 1. The van der Waals surface area contributed by atoms with Gasteiger partial charge in [0.05, 0.1) is 0 Å². The third-order valence-corrected chi connectivity index (χ3v) is 3.56. The zero-order valence-corrected chi connectivity index (χ0v) is 9.92. The molecule has 16 heavy (non-hydrogen) atoms. The van der Waals surface area contributed by atoms with E-state index in [1.165, 1.54) is 11.1 Å². The first-order valence-corrected chi connectivity index (χ1v) is 6.23. The molecule has 0 aliphatic heterocycles. The van der Waals surface area contributed by atoms with Crippen molar-refractivity contribution in [1.82, 2.24) is 4.98 Å². The number of rotatable bonds is 1. The number of benzene rings is 1. The summed E-state index contributed by atoms with van der Waals surface area (Å²) in [5.41, 5.74) is 2.41. The van der Waals surface area contributed by atoms with Crippen LogP contribution in [-0.4, -0.2) is 4.98 Å². The summed E-state index contributed by atoms with van der Waals surface area (Å²) in [5.74, 6) is 0. The van der Waals surface area contributed by atoms with Crippen molar-refractivity contribution in [2.24, 2.45) is 0 Å². The molecule has 0 saturated carbocycles. The molecule has 3 heteroatoms. The molecule has 0 aliphatic carbocycles. The smallest absolute Gasteiger partial charge is 0.136 e. The van der Waals surface area contributed by atoms with Crippen LogP contribution in [-0.2, 0) is 0 Å². The Bertz CT molecular complexity index is 631. The van der Waals surface area contributed by atoms with Crippen LogP contribution in [0.25, 0.3) is 21.9 Å². The lowest BCUT2D eigenvalue weighted by molar-refractivity contribution is 1.36. The predicted octanol–water partition coefficient (Wildman–Crippen LogP) is 4.62. The SMILES string of the molecule is Clc1nccc2ccc(-c3ccsc3)cc12. The van der Waals surface area contributed by atoms with Crippen molar-refractivity contribution >= 4 is 33.7 Å². The molecule has 2 heterocycles. The van der Waals surface area contributed by atoms with Gasteiger partial charge in [-0.05, 0) is 45.5 Å². The highest BCUT2D eigenvalue weighted by atomic mass is 35.5. The van der Waals surface area contributed by atoms with E-state index in [1.807, 2.05) is 6.07 Å². The van der Waals surface area contributed by atoms with Gasteiger partial charge in [-0.25, -0.2) is 4.98 Å². The van der Waals surface area contributed by atoms with Gasteiger partial charge in [0, 0.05) is 11.6 Å². The Labute approximate surface area is 102 Å². The monoisotopic (exact) mass is 245 g/mol. The fourth-order valence-electron chi connectivity index (χ4n) is 1.74. The first kappa shape index (κ1) is 9.82. The van der Waals surface area contributed by atoms with Crippen molar-refractivity contribution in [3.63, 3.8) is 0 Å². The molecular weight excluding hydrogens is 238 g/mol. The number of pyridine rings is 1. The zero-order valence-electron chi connectivity index (χ0n) is 8.35. The van der Waals surface area contributed by atoms with Gasteiger partial charge < -0.3 is 0 Å². The van der Waals surface area contributed by atoms with Crippen molar-refractivity contribution in [2.45, 2.75) is 0 Å². The van der Waals surface area contributed by atoms with Crippen molar-refractivity contribution < 1.29 is 0 Å². The molecule has 2 aromatic heterocycles. The van der Waals surface area contributed by atoms with E-state index in [0.717, 1.165) is 10.8 Å². The van der Waals surface area contributed by atoms with E-state index in [9.17, 15) is 0 Å². The van der Waals surface area contributed by atoms with Crippen LogP contribution in [0.2, 0.25) is 5.15 Å². The van der Waals surface area contributed by atoms with E-state index in [2.05, 4.69) is 40.0 Å². The number of thiophene rings is 1. The molecule has 0 bridgehead atoms. The van der Waals surface area contributed by atoms with Crippen LogP contribution in [0.5, 0.6) is 0 Å². The highest BCUT2D eigenvalue weighted by Gasteiger charge is 2.03. The third kappa shape index (κ3) is 1.60. The molecule has 0 saturated heterocycles. The van der Waals surface area contributed by atoms with Crippen LogP contribution in [0, 0.1) is 0 Å². The third-order valence-electron chi connectivity index (χ3n) is 2.57. The van der Waals surface area contributed by atoms with Crippen LogP contribution >= 0.6 is 22.9 Å². The van der Waals surface area contributed by atoms with Crippen LogP contribution in [0.15, 0.2) is 47.3 Å². The Morgan fingerprint density at radius 1 is 1.06 bits per heavy atom. The maximum Gasteiger partial charge on any atom is 0.136 e. The maximum atomic E-state index is 6.08. The molecule has 0 spiro atoms. The van der Waals surface area contributed by atoms with Gasteiger partial charge in [-0.1, -0.05) is 23.7 Å². The predicted molar refractivity (Wildman–Crippen MR) is 70.1 cm³/mol. The zero-order chi connectivity index (χ0) is 11.0. The molecule has 0 amide bonds. The van der Waals surface area contributed by atoms with E-state index in [1.54, 1.807) is 17.5 Å². The molecule has 1 aromatic carbocycles. The molecule has 1 nitrogen and oxygen atoms in total. The molecule has 0 radical (unpaired) electrons. The second kappa shape index (κ2) is 3.89. The second-order valence-electron chi connectivity index (χ2n) is 3.55. The quantitative estimate of drug-likeness (QED) is 0.570. The normalized spacial score (nSPS) is 10.8. The summed E-state index contributed by atoms with van der Waals surface area (Å²) in [5, 5.41) is 6.90. The molecule has 0 atom stereocenters. The lowest BCUT2D eigenvalue weighted by Gasteiger charge is -2.02. The number of halogens is 1. The lowest BCUT2D eigenvalue weighted by atomic mass is 10.1. The molecule has 3 aromatic rings. The maximum absolute atomic E-state index is 6.08. The summed E-state index contributed by atoms with van der Waals surface area (Å²) >= 11 is 7.78. The largest absolute Gasteiger partial charge is 0.244 e. The Hall–Kier alpha value is -1.38. The van der Waals surface area contributed by atoms with Crippen LogP contribution in [0.1, 0.15) is 0 Å². The number of aromatic nitrogens is 1. The molecule has 0 aliphatic rings. The minimum Gasteiger partial charge on any atom is -0.244 e. The summed E-state index contributed by atoms with van der Waals surface area (Å²) in [6.45, 7) is 0. The minimum absolute atomic E-state index is 0.564. The summed E-state index contributed by atoms with van der Waals surface area (Å²) in [6, 6.07) is 10.4. The summed E-state index contributed by atoms with van der Waals surface area (Å²) in [4.78, 5) is 4.10. The second-order valence-corrected chi connectivity index (χ2v) is 4.69. The van der Waals surface area contributed by atoms with Gasteiger partial charge in [-0.15, -0.1) is 0 Å². The van der Waals surface area contributed by atoms with Gasteiger partial charge in [0.2, 0.25) is 0 Å². The topological polar surface area (TPSA) is 12.9 Å². The van der Waals surface area contributed by atoms with E-state index in [4.69, 9.17) is 11.6 Å². The van der Waals surface area contributed by atoms with Gasteiger partial charge in [-0.3, -0.25) is 0 Å². The number of nitrogens with zero attached hydrogens (tertiary/aromatic N) is 1.